The number of carbonyl (C=O) groups excluding carboxylic acids is 1. The fraction of sp³-hybridized carbons (Fsp3) is 0.533. The number of benzene rings is 1. The molecule has 0 radical (unpaired) electrons. The minimum absolute atomic E-state index is 0.0114. The lowest BCUT2D eigenvalue weighted by Crippen LogP contribution is -2.51. The maximum Gasteiger partial charge on any atom is 0.237 e. The Morgan fingerprint density at radius 1 is 1.30 bits per heavy atom. The second-order valence-electron chi connectivity index (χ2n) is 5.21. The van der Waals surface area contributed by atoms with Gasteiger partial charge in [0.1, 0.15) is 0 Å². The topological polar surface area (TPSA) is 73.6 Å². The Hall–Kier alpha value is -1.75. The summed E-state index contributed by atoms with van der Waals surface area (Å²) in [5, 5.41) is 3.28. The third-order valence-electron chi connectivity index (χ3n) is 3.37. The molecule has 0 heterocycles. The Kier molecular flexibility index (Phi) is 5.39. The Labute approximate surface area is 120 Å². The Morgan fingerprint density at radius 2 is 1.90 bits per heavy atom. The number of amides is 1. The number of hydrogen-bond acceptors (Lipinski definition) is 4. The summed E-state index contributed by atoms with van der Waals surface area (Å²) in [7, 11) is 3.20. The van der Waals surface area contributed by atoms with Crippen molar-refractivity contribution in [3.63, 3.8) is 0 Å². The normalized spacial score (nSPS) is 12.8. The molecule has 5 nitrogen and oxygen atoms in total. The maximum atomic E-state index is 11.4. The van der Waals surface area contributed by atoms with E-state index in [1.54, 1.807) is 28.1 Å². The molecule has 1 amide bonds. The molecule has 5 heteroatoms. The number of hydrogen-bond donors (Lipinski definition) is 2. The van der Waals surface area contributed by atoms with Crippen LogP contribution in [0.1, 0.15) is 38.8 Å². The summed E-state index contributed by atoms with van der Waals surface area (Å²) in [4.78, 5) is 11.4. The fourth-order valence-electron chi connectivity index (χ4n) is 2.00. The van der Waals surface area contributed by atoms with Gasteiger partial charge >= 0.3 is 0 Å². The molecule has 0 aliphatic rings. The Bertz CT molecular complexity index is 472. The minimum Gasteiger partial charge on any atom is -0.493 e. The molecule has 0 bridgehead atoms. The zero-order valence-corrected chi connectivity index (χ0v) is 12.8. The zero-order valence-electron chi connectivity index (χ0n) is 12.8. The SMILES string of the molecule is CCC(NC(C)(C)C(N)=O)c1ccc(OC)c(OC)c1. The van der Waals surface area contributed by atoms with E-state index in [1.807, 2.05) is 25.1 Å². The number of primary amides is 1. The van der Waals surface area contributed by atoms with Crippen LogP contribution in [0.5, 0.6) is 11.5 Å². The van der Waals surface area contributed by atoms with Crippen molar-refractivity contribution in [3.8, 4) is 11.5 Å². The van der Waals surface area contributed by atoms with Crippen LogP contribution in [0.25, 0.3) is 0 Å². The van der Waals surface area contributed by atoms with E-state index in [-0.39, 0.29) is 11.9 Å². The van der Waals surface area contributed by atoms with Crippen LogP contribution in [0.2, 0.25) is 0 Å². The van der Waals surface area contributed by atoms with Crippen LogP contribution in [-0.4, -0.2) is 25.7 Å². The molecule has 0 spiro atoms. The molecule has 0 aliphatic carbocycles. The van der Waals surface area contributed by atoms with E-state index in [4.69, 9.17) is 15.2 Å². The van der Waals surface area contributed by atoms with Gasteiger partial charge in [0.15, 0.2) is 11.5 Å². The van der Waals surface area contributed by atoms with Crippen LogP contribution in [0, 0.1) is 0 Å². The smallest absolute Gasteiger partial charge is 0.237 e. The molecule has 1 unspecified atom stereocenters. The van der Waals surface area contributed by atoms with E-state index in [0.29, 0.717) is 11.5 Å². The van der Waals surface area contributed by atoms with Crippen molar-refractivity contribution in [2.24, 2.45) is 5.73 Å². The monoisotopic (exact) mass is 280 g/mol. The van der Waals surface area contributed by atoms with E-state index in [1.165, 1.54) is 0 Å². The molecule has 0 saturated heterocycles. The van der Waals surface area contributed by atoms with Crippen molar-refractivity contribution in [2.75, 3.05) is 14.2 Å². The minimum atomic E-state index is -0.770. The van der Waals surface area contributed by atoms with Crippen molar-refractivity contribution in [1.82, 2.24) is 5.32 Å². The second kappa shape index (κ2) is 6.61. The lowest BCUT2D eigenvalue weighted by molar-refractivity contribution is -0.123. The van der Waals surface area contributed by atoms with Gasteiger partial charge in [-0.1, -0.05) is 13.0 Å². The fourth-order valence-corrected chi connectivity index (χ4v) is 2.00. The predicted molar refractivity (Wildman–Crippen MR) is 79.0 cm³/mol. The molecule has 1 atom stereocenters. The highest BCUT2D eigenvalue weighted by molar-refractivity contribution is 5.83. The number of carbonyl (C=O) groups is 1. The van der Waals surface area contributed by atoms with Crippen LogP contribution in [0.3, 0.4) is 0 Å². The van der Waals surface area contributed by atoms with Crippen LogP contribution in [0.4, 0.5) is 0 Å². The summed E-state index contributed by atoms with van der Waals surface area (Å²) in [5.41, 5.74) is 5.66. The first-order chi connectivity index (χ1) is 9.35. The third kappa shape index (κ3) is 3.63. The summed E-state index contributed by atoms with van der Waals surface area (Å²) in [5.74, 6) is 0.971. The van der Waals surface area contributed by atoms with E-state index >= 15 is 0 Å². The van der Waals surface area contributed by atoms with Crippen molar-refractivity contribution in [3.05, 3.63) is 23.8 Å². The highest BCUT2D eigenvalue weighted by Gasteiger charge is 2.28. The quantitative estimate of drug-likeness (QED) is 0.801. The molecule has 0 saturated carbocycles. The molecular formula is C15H24N2O3. The van der Waals surface area contributed by atoms with Gasteiger partial charge in [0.2, 0.25) is 5.91 Å². The van der Waals surface area contributed by atoms with Gasteiger partial charge in [-0.3, -0.25) is 10.1 Å². The Balaban J connectivity index is 3.04. The molecular weight excluding hydrogens is 256 g/mol. The van der Waals surface area contributed by atoms with E-state index in [0.717, 1.165) is 12.0 Å². The summed E-state index contributed by atoms with van der Waals surface area (Å²) in [6.07, 6.45) is 0.826. The van der Waals surface area contributed by atoms with Gasteiger partial charge in [-0.15, -0.1) is 0 Å². The number of nitrogens with one attached hydrogen (secondary N) is 1. The van der Waals surface area contributed by atoms with Gasteiger partial charge in [-0.2, -0.15) is 0 Å². The molecule has 0 aliphatic heterocycles. The molecule has 0 aromatic heterocycles. The number of rotatable bonds is 7. The van der Waals surface area contributed by atoms with Gasteiger partial charge in [-0.25, -0.2) is 0 Å². The van der Waals surface area contributed by atoms with Crippen molar-refractivity contribution in [1.29, 1.82) is 0 Å². The number of methoxy groups -OCH3 is 2. The molecule has 1 aromatic carbocycles. The number of nitrogens with two attached hydrogens (primary N) is 1. The number of ether oxygens (including phenoxy) is 2. The van der Waals surface area contributed by atoms with Crippen molar-refractivity contribution >= 4 is 5.91 Å². The lowest BCUT2D eigenvalue weighted by atomic mass is 9.97. The molecule has 1 aromatic rings. The highest BCUT2D eigenvalue weighted by Crippen LogP contribution is 2.31. The summed E-state index contributed by atoms with van der Waals surface area (Å²) < 4.78 is 10.5. The summed E-state index contributed by atoms with van der Waals surface area (Å²) in [6, 6.07) is 5.74. The van der Waals surface area contributed by atoms with Crippen LogP contribution < -0.4 is 20.5 Å². The van der Waals surface area contributed by atoms with Crippen LogP contribution >= 0.6 is 0 Å². The standard InChI is InChI=1S/C15H24N2O3/c1-6-11(17-15(2,3)14(16)18)10-7-8-12(19-4)13(9-10)20-5/h7-9,11,17H,6H2,1-5H3,(H2,16,18). The molecule has 3 N–H and O–H groups in total. The van der Waals surface area contributed by atoms with Crippen molar-refractivity contribution < 1.29 is 14.3 Å². The average Bonchev–Trinajstić information content (AvgIpc) is 2.43. The molecule has 1 rings (SSSR count). The van der Waals surface area contributed by atoms with Gasteiger partial charge in [-0.05, 0) is 38.0 Å². The van der Waals surface area contributed by atoms with Gasteiger partial charge < -0.3 is 15.2 Å². The van der Waals surface area contributed by atoms with E-state index in [9.17, 15) is 4.79 Å². The van der Waals surface area contributed by atoms with E-state index < -0.39 is 5.54 Å². The zero-order chi connectivity index (χ0) is 15.3. The predicted octanol–water partition coefficient (Wildman–Crippen LogP) is 2.01. The third-order valence-corrected chi connectivity index (χ3v) is 3.37. The maximum absolute atomic E-state index is 11.4. The largest absolute Gasteiger partial charge is 0.493 e. The van der Waals surface area contributed by atoms with Gasteiger partial charge in [0.25, 0.3) is 0 Å². The van der Waals surface area contributed by atoms with Crippen LogP contribution in [-0.2, 0) is 4.79 Å². The van der Waals surface area contributed by atoms with Gasteiger partial charge in [0.05, 0.1) is 19.8 Å². The lowest BCUT2D eigenvalue weighted by Gasteiger charge is -2.29. The summed E-state index contributed by atoms with van der Waals surface area (Å²) >= 11 is 0. The highest BCUT2D eigenvalue weighted by atomic mass is 16.5. The second-order valence-corrected chi connectivity index (χ2v) is 5.21. The van der Waals surface area contributed by atoms with Gasteiger partial charge in [0, 0.05) is 6.04 Å². The van der Waals surface area contributed by atoms with Crippen LogP contribution in [0.15, 0.2) is 18.2 Å². The average molecular weight is 280 g/mol. The first kappa shape index (κ1) is 16.3. The molecule has 0 fully saturated rings. The molecule has 112 valence electrons. The van der Waals surface area contributed by atoms with E-state index in [2.05, 4.69) is 5.32 Å². The van der Waals surface area contributed by atoms with Crippen molar-refractivity contribution in [2.45, 2.75) is 38.8 Å². The Morgan fingerprint density at radius 3 is 2.35 bits per heavy atom. The first-order valence-corrected chi connectivity index (χ1v) is 6.65. The summed E-state index contributed by atoms with van der Waals surface area (Å²) in [6.45, 7) is 5.60. The molecule has 20 heavy (non-hydrogen) atoms. The first-order valence-electron chi connectivity index (χ1n) is 6.65.